The van der Waals surface area contributed by atoms with Crippen molar-refractivity contribution in [3.63, 3.8) is 0 Å². The summed E-state index contributed by atoms with van der Waals surface area (Å²) in [6.07, 6.45) is 3.09. The Morgan fingerprint density at radius 3 is 2.93 bits per heavy atom. The van der Waals surface area contributed by atoms with Crippen LogP contribution in [0.5, 0.6) is 0 Å². The Morgan fingerprint density at radius 1 is 1.80 bits per heavy atom. The number of carbonyl (C=O) groups excluding carboxylic acids is 1. The molecule has 0 radical (unpaired) electrons. The molecule has 1 atom stereocenters. The molecule has 15 heavy (non-hydrogen) atoms. The first kappa shape index (κ1) is 11.0. The third kappa shape index (κ3) is 2.70. The van der Waals surface area contributed by atoms with Crippen molar-refractivity contribution in [2.24, 2.45) is 17.9 Å². The molecule has 0 fully saturated rings. The van der Waals surface area contributed by atoms with Crippen molar-refractivity contribution >= 4 is 11.7 Å². The van der Waals surface area contributed by atoms with Gasteiger partial charge in [-0.05, 0) is 6.92 Å². The van der Waals surface area contributed by atoms with E-state index in [1.54, 1.807) is 24.7 Å². The predicted molar refractivity (Wildman–Crippen MR) is 53.5 cm³/mol. The summed E-state index contributed by atoms with van der Waals surface area (Å²) in [5, 5.41) is 13.7. The highest BCUT2D eigenvalue weighted by Crippen LogP contribution is 1.95. The quantitative estimate of drug-likeness (QED) is 0.265. The minimum absolute atomic E-state index is 0.0562. The molecular formula is C8H13N5O2. The molecule has 82 valence electrons. The fraction of sp³-hybridized carbons (Fsp3) is 0.375. The molecule has 1 aromatic rings. The largest absolute Gasteiger partial charge is 0.409 e. The van der Waals surface area contributed by atoms with Gasteiger partial charge < -0.3 is 20.8 Å². The van der Waals surface area contributed by atoms with Crippen molar-refractivity contribution < 1.29 is 10.0 Å². The van der Waals surface area contributed by atoms with Crippen LogP contribution in [0.2, 0.25) is 0 Å². The Morgan fingerprint density at radius 2 is 2.47 bits per heavy atom. The first-order valence-corrected chi connectivity index (χ1v) is 4.31. The molecule has 0 aromatic carbocycles. The van der Waals surface area contributed by atoms with Crippen molar-refractivity contribution in [1.82, 2.24) is 14.9 Å². The monoisotopic (exact) mass is 211 g/mol. The van der Waals surface area contributed by atoms with E-state index < -0.39 is 6.04 Å². The highest BCUT2D eigenvalue weighted by molar-refractivity contribution is 5.96. The summed E-state index contributed by atoms with van der Waals surface area (Å²) in [6.45, 7) is 1.61. The molecule has 0 bridgehead atoms. The van der Waals surface area contributed by atoms with E-state index in [0.717, 1.165) is 0 Å². The predicted octanol–water partition coefficient (Wildman–Crippen LogP) is -0.715. The number of nitrogens with zero attached hydrogens (tertiary/aromatic N) is 3. The maximum absolute atomic E-state index is 11.5. The molecule has 1 amide bonds. The average Bonchev–Trinajstić information content (AvgIpc) is 2.63. The molecule has 1 aromatic heterocycles. The van der Waals surface area contributed by atoms with Crippen molar-refractivity contribution in [2.45, 2.75) is 13.0 Å². The van der Waals surface area contributed by atoms with Crippen LogP contribution in [0.4, 0.5) is 0 Å². The van der Waals surface area contributed by atoms with Crippen molar-refractivity contribution in [3.8, 4) is 0 Å². The van der Waals surface area contributed by atoms with Crippen molar-refractivity contribution in [3.05, 3.63) is 18.2 Å². The van der Waals surface area contributed by atoms with Gasteiger partial charge in [-0.1, -0.05) is 5.16 Å². The minimum atomic E-state index is -0.537. The molecule has 0 aliphatic carbocycles. The minimum Gasteiger partial charge on any atom is -0.409 e. The number of imidazole rings is 1. The molecule has 0 aliphatic rings. The zero-order valence-electron chi connectivity index (χ0n) is 8.51. The molecule has 1 unspecified atom stereocenters. The number of oxime groups is 1. The second kappa shape index (κ2) is 4.45. The third-order valence-corrected chi connectivity index (χ3v) is 1.84. The number of amides is 1. The molecule has 7 nitrogen and oxygen atoms in total. The van der Waals surface area contributed by atoms with Crippen LogP contribution in [-0.2, 0) is 7.05 Å². The van der Waals surface area contributed by atoms with Gasteiger partial charge >= 0.3 is 0 Å². The van der Waals surface area contributed by atoms with Crippen LogP contribution in [0.15, 0.2) is 17.7 Å². The average molecular weight is 211 g/mol. The second-order valence-corrected chi connectivity index (χ2v) is 3.14. The maximum atomic E-state index is 11.5. The summed E-state index contributed by atoms with van der Waals surface area (Å²) < 4.78 is 1.66. The van der Waals surface area contributed by atoms with Gasteiger partial charge in [-0.2, -0.15) is 0 Å². The first-order valence-electron chi connectivity index (χ1n) is 4.31. The Hall–Kier alpha value is -2.05. The van der Waals surface area contributed by atoms with E-state index in [-0.39, 0.29) is 17.4 Å². The topological polar surface area (TPSA) is 106 Å². The number of nitrogens with two attached hydrogens (primary N) is 1. The lowest BCUT2D eigenvalue weighted by Gasteiger charge is -2.10. The number of rotatable bonds is 3. The van der Waals surface area contributed by atoms with Gasteiger partial charge in [0, 0.05) is 13.2 Å². The number of aromatic nitrogens is 2. The second-order valence-electron chi connectivity index (χ2n) is 3.14. The Balaban J connectivity index is 2.64. The SMILES string of the molecule is CC(NC(=O)c1cn(C)cn1)C(N)=NO. The summed E-state index contributed by atoms with van der Waals surface area (Å²) in [5.74, 6) is -0.422. The smallest absolute Gasteiger partial charge is 0.272 e. The van der Waals surface area contributed by atoms with Crippen LogP contribution in [0.25, 0.3) is 0 Å². The summed E-state index contributed by atoms with van der Waals surface area (Å²) in [6, 6.07) is -0.537. The Labute approximate surface area is 86.6 Å². The molecule has 1 heterocycles. The molecule has 0 saturated heterocycles. The molecule has 0 spiro atoms. The maximum Gasteiger partial charge on any atom is 0.272 e. The zero-order chi connectivity index (χ0) is 11.4. The number of aryl methyl sites for hydroxylation is 1. The molecule has 4 N–H and O–H groups in total. The standard InChI is InChI=1S/C8H13N5O2/c1-5(7(9)12-15)11-8(14)6-3-13(2)4-10-6/h3-5,15H,1-2H3,(H2,9,12)(H,11,14). The zero-order valence-corrected chi connectivity index (χ0v) is 8.51. The van der Waals surface area contributed by atoms with E-state index in [2.05, 4.69) is 15.5 Å². The lowest BCUT2D eigenvalue weighted by Crippen LogP contribution is -2.42. The van der Waals surface area contributed by atoms with Crippen LogP contribution >= 0.6 is 0 Å². The van der Waals surface area contributed by atoms with Gasteiger partial charge in [0.25, 0.3) is 5.91 Å². The number of hydrogen-bond donors (Lipinski definition) is 3. The van der Waals surface area contributed by atoms with Crippen LogP contribution in [-0.4, -0.2) is 32.5 Å². The number of carbonyl (C=O) groups is 1. The van der Waals surface area contributed by atoms with Gasteiger partial charge in [0.1, 0.15) is 5.69 Å². The van der Waals surface area contributed by atoms with E-state index >= 15 is 0 Å². The normalized spacial score (nSPS) is 13.6. The van der Waals surface area contributed by atoms with E-state index in [1.165, 1.54) is 6.33 Å². The lowest BCUT2D eigenvalue weighted by atomic mass is 10.3. The van der Waals surface area contributed by atoms with E-state index in [4.69, 9.17) is 10.9 Å². The molecule has 0 aliphatic heterocycles. The Kier molecular flexibility index (Phi) is 3.27. The summed E-state index contributed by atoms with van der Waals surface area (Å²) >= 11 is 0. The van der Waals surface area contributed by atoms with Gasteiger partial charge in [-0.15, -0.1) is 0 Å². The van der Waals surface area contributed by atoms with Crippen LogP contribution in [0.3, 0.4) is 0 Å². The van der Waals surface area contributed by atoms with E-state index in [0.29, 0.717) is 0 Å². The van der Waals surface area contributed by atoms with E-state index in [9.17, 15) is 4.79 Å². The van der Waals surface area contributed by atoms with Crippen LogP contribution < -0.4 is 11.1 Å². The molecule has 0 saturated carbocycles. The fourth-order valence-corrected chi connectivity index (χ4v) is 0.961. The summed E-state index contributed by atoms with van der Waals surface area (Å²) in [5.41, 5.74) is 5.59. The molecule has 7 heteroatoms. The number of hydrogen-bond acceptors (Lipinski definition) is 4. The van der Waals surface area contributed by atoms with Gasteiger partial charge in [-0.25, -0.2) is 4.98 Å². The molecule has 1 rings (SSSR count). The Bertz CT molecular complexity index is 384. The van der Waals surface area contributed by atoms with Gasteiger partial charge in [0.05, 0.1) is 12.4 Å². The highest BCUT2D eigenvalue weighted by atomic mass is 16.4. The van der Waals surface area contributed by atoms with Gasteiger partial charge in [0.15, 0.2) is 5.84 Å². The number of amidine groups is 1. The summed E-state index contributed by atoms with van der Waals surface area (Å²) in [4.78, 5) is 15.4. The van der Waals surface area contributed by atoms with Gasteiger partial charge in [0.2, 0.25) is 0 Å². The highest BCUT2D eigenvalue weighted by Gasteiger charge is 2.14. The fourth-order valence-electron chi connectivity index (χ4n) is 0.961. The first-order chi connectivity index (χ1) is 7.04. The summed E-state index contributed by atoms with van der Waals surface area (Å²) in [7, 11) is 1.76. The van der Waals surface area contributed by atoms with E-state index in [1.807, 2.05) is 0 Å². The van der Waals surface area contributed by atoms with Crippen molar-refractivity contribution in [1.29, 1.82) is 0 Å². The van der Waals surface area contributed by atoms with Crippen molar-refractivity contribution in [2.75, 3.05) is 0 Å². The third-order valence-electron chi connectivity index (χ3n) is 1.84. The molecular weight excluding hydrogens is 198 g/mol. The van der Waals surface area contributed by atoms with Gasteiger partial charge in [-0.3, -0.25) is 4.79 Å². The lowest BCUT2D eigenvalue weighted by molar-refractivity contribution is 0.0944. The number of nitrogens with one attached hydrogen (secondary N) is 1. The van der Waals surface area contributed by atoms with Crippen LogP contribution in [0, 0.1) is 0 Å². The van der Waals surface area contributed by atoms with Crippen LogP contribution in [0.1, 0.15) is 17.4 Å².